The fourth-order valence-electron chi connectivity index (χ4n) is 2.21. The Morgan fingerprint density at radius 2 is 2.00 bits per heavy atom. The van der Waals surface area contributed by atoms with Crippen molar-refractivity contribution in [1.82, 2.24) is 14.9 Å². The average molecular weight is 353 g/mol. The first-order valence-electron chi connectivity index (χ1n) is 5.74. The van der Waals surface area contributed by atoms with Crippen LogP contribution < -0.4 is 5.01 Å². The van der Waals surface area contributed by atoms with E-state index in [4.69, 9.17) is 0 Å². The molecular formula is C12H9BrN4S2. The van der Waals surface area contributed by atoms with Crippen LogP contribution in [0.25, 0.3) is 0 Å². The first-order valence-corrected chi connectivity index (χ1v) is 8.30. The molecule has 1 atom stereocenters. The summed E-state index contributed by atoms with van der Waals surface area (Å²) in [6.45, 7) is 1.99. The van der Waals surface area contributed by atoms with E-state index in [2.05, 4.69) is 65.5 Å². The van der Waals surface area contributed by atoms with E-state index in [1.165, 1.54) is 10.6 Å². The summed E-state index contributed by atoms with van der Waals surface area (Å²) < 4.78 is 3.20. The van der Waals surface area contributed by atoms with Crippen LogP contribution in [-0.4, -0.2) is 14.9 Å². The molecule has 4 nitrogen and oxygen atoms in total. The predicted octanol–water partition coefficient (Wildman–Crippen LogP) is 3.64. The first kappa shape index (κ1) is 11.9. The fourth-order valence-corrected chi connectivity index (χ4v) is 4.75. The second-order valence-corrected chi connectivity index (χ2v) is 7.14. The van der Waals surface area contributed by atoms with E-state index in [1.807, 2.05) is 18.7 Å². The summed E-state index contributed by atoms with van der Waals surface area (Å²) in [7, 11) is 0. The lowest BCUT2D eigenvalue weighted by Crippen LogP contribution is -2.29. The Morgan fingerprint density at radius 1 is 1.21 bits per heavy atom. The second kappa shape index (κ2) is 4.29. The van der Waals surface area contributed by atoms with Gasteiger partial charge in [-0.05, 0) is 36.4 Å². The molecule has 19 heavy (non-hydrogen) atoms. The zero-order valence-electron chi connectivity index (χ0n) is 9.95. The van der Waals surface area contributed by atoms with Crippen LogP contribution in [0.15, 0.2) is 44.3 Å². The molecular weight excluding hydrogens is 344 g/mol. The van der Waals surface area contributed by atoms with Crippen LogP contribution in [0, 0.1) is 6.92 Å². The SMILES string of the molecule is Cc1nnc2n1N1C(=CS[C@H]1c1ccc(Br)cc1)S2. The Labute approximate surface area is 127 Å². The van der Waals surface area contributed by atoms with Gasteiger partial charge in [0, 0.05) is 9.88 Å². The van der Waals surface area contributed by atoms with E-state index in [9.17, 15) is 0 Å². The highest BCUT2D eigenvalue weighted by Gasteiger charge is 2.38. The molecule has 1 aromatic carbocycles. The van der Waals surface area contributed by atoms with Gasteiger partial charge >= 0.3 is 0 Å². The van der Waals surface area contributed by atoms with Crippen LogP contribution in [-0.2, 0) is 0 Å². The van der Waals surface area contributed by atoms with Crippen LogP contribution >= 0.6 is 39.5 Å². The maximum absolute atomic E-state index is 4.20. The van der Waals surface area contributed by atoms with Gasteiger partial charge in [-0.15, -0.1) is 10.2 Å². The molecule has 0 saturated heterocycles. The second-order valence-electron chi connectivity index (χ2n) is 4.28. The number of hydrogen-bond acceptors (Lipinski definition) is 5. The number of aromatic nitrogens is 3. The minimum atomic E-state index is 0.256. The number of rotatable bonds is 1. The van der Waals surface area contributed by atoms with Crippen molar-refractivity contribution in [3.8, 4) is 0 Å². The van der Waals surface area contributed by atoms with E-state index in [-0.39, 0.29) is 5.37 Å². The number of halogens is 1. The van der Waals surface area contributed by atoms with E-state index in [0.717, 1.165) is 15.5 Å². The van der Waals surface area contributed by atoms with Crippen molar-refractivity contribution < 1.29 is 0 Å². The van der Waals surface area contributed by atoms with Crippen molar-refractivity contribution in [3.05, 3.63) is 50.6 Å². The Kier molecular flexibility index (Phi) is 2.68. The summed E-state index contributed by atoms with van der Waals surface area (Å²) in [4.78, 5) is 0. The number of thioether (sulfide) groups is 2. The summed E-state index contributed by atoms with van der Waals surface area (Å²) >= 11 is 6.97. The van der Waals surface area contributed by atoms with Crippen molar-refractivity contribution in [2.24, 2.45) is 0 Å². The highest BCUT2D eigenvalue weighted by atomic mass is 79.9. The van der Waals surface area contributed by atoms with Crippen LogP contribution in [0.4, 0.5) is 0 Å². The minimum Gasteiger partial charge on any atom is -0.252 e. The molecule has 4 rings (SSSR count). The third-order valence-electron chi connectivity index (χ3n) is 3.08. The quantitative estimate of drug-likeness (QED) is 0.782. The zero-order chi connectivity index (χ0) is 13.0. The molecule has 2 aliphatic rings. The summed E-state index contributed by atoms with van der Waals surface area (Å²) in [5, 5.41) is 15.2. The number of fused-ring (bicyclic) bond motifs is 3. The van der Waals surface area contributed by atoms with E-state index in [0.29, 0.717) is 0 Å². The number of benzene rings is 1. The molecule has 0 aliphatic carbocycles. The third kappa shape index (κ3) is 1.75. The van der Waals surface area contributed by atoms with E-state index in [1.54, 1.807) is 11.8 Å². The molecule has 0 fully saturated rings. The highest BCUT2D eigenvalue weighted by Crippen LogP contribution is 2.51. The molecule has 0 unspecified atom stereocenters. The Balaban J connectivity index is 1.77. The largest absolute Gasteiger partial charge is 0.252 e. The van der Waals surface area contributed by atoms with Crippen molar-refractivity contribution in [1.29, 1.82) is 0 Å². The molecule has 0 spiro atoms. The van der Waals surface area contributed by atoms with Gasteiger partial charge in [-0.3, -0.25) is 5.01 Å². The molecule has 0 radical (unpaired) electrons. The van der Waals surface area contributed by atoms with Crippen LogP contribution in [0.2, 0.25) is 0 Å². The summed E-state index contributed by atoms with van der Waals surface area (Å²) in [5.41, 5.74) is 1.28. The molecule has 0 N–H and O–H groups in total. The number of nitrogens with zero attached hydrogens (tertiary/aromatic N) is 4. The van der Waals surface area contributed by atoms with Crippen molar-refractivity contribution in [2.45, 2.75) is 17.5 Å². The maximum Gasteiger partial charge on any atom is 0.216 e. The Morgan fingerprint density at radius 3 is 2.79 bits per heavy atom. The Hall–Kier alpha value is -0.920. The van der Waals surface area contributed by atoms with Gasteiger partial charge in [-0.1, -0.05) is 39.8 Å². The summed E-state index contributed by atoms with van der Waals surface area (Å²) in [5.74, 6) is 0.926. The normalized spacial score (nSPS) is 20.4. The van der Waals surface area contributed by atoms with Gasteiger partial charge < -0.3 is 0 Å². The molecule has 0 saturated carbocycles. The van der Waals surface area contributed by atoms with Crippen molar-refractivity contribution in [3.63, 3.8) is 0 Å². The molecule has 1 aromatic heterocycles. The van der Waals surface area contributed by atoms with E-state index < -0.39 is 0 Å². The van der Waals surface area contributed by atoms with Gasteiger partial charge in [-0.2, -0.15) is 0 Å². The van der Waals surface area contributed by atoms with Crippen LogP contribution in [0.3, 0.4) is 0 Å². The lowest BCUT2D eigenvalue weighted by Gasteiger charge is -2.25. The molecule has 96 valence electrons. The topological polar surface area (TPSA) is 34.0 Å². The van der Waals surface area contributed by atoms with Crippen molar-refractivity contribution >= 4 is 39.5 Å². The Bertz CT molecular complexity index is 680. The lowest BCUT2D eigenvalue weighted by atomic mass is 10.2. The van der Waals surface area contributed by atoms with Crippen LogP contribution in [0.5, 0.6) is 0 Å². The van der Waals surface area contributed by atoms with E-state index >= 15 is 0 Å². The molecule has 2 aromatic rings. The van der Waals surface area contributed by atoms with Crippen molar-refractivity contribution in [2.75, 3.05) is 5.01 Å². The molecule has 3 heterocycles. The fraction of sp³-hybridized carbons (Fsp3) is 0.167. The van der Waals surface area contributed by atoms with Gasteiger partial charge in [0.25, 0.3) is 0 Å². The standard InChI is InChI=1S/C12H9BrN4S2/c1-7-14-15-12-16(7)17-10(19-12)6-18-11(17)8-2-4-9(13)5-3-8/h2-6,11H,1H3/t11-/m0/s1. The molecule has 0 bridgehead atoms. The van der Waals surface area contributed by atoms with Gasteiger partial charge in [0.2, 0.25) is 5.16 Å². The van der Waals surface area contributed by atoms with Gasteiger partial charge in [0.1, 0.15) is 10.4 Å². The predicted molar refractivity (Wildman–Crippen MR) is 81.4 cm³/mol. The molecule has 7 heteroatoms. The zero-order valence-corrected chi connectivity index (χ0v) is 13.2. The summed E-state index contributed by atoms with van der Waals surface area (Å²) in [6.07, 6.45) is 0. The van der Waals surface area contributed by atoms with Crippen LogP contribution in [0.1, 0.15) is 16.8 Å². The maximum atomic E-state index is 4.20. The van der Waals surface area contributed by atoms with Gasteiger partial charge in [-0.25, -0.2) is 4.68 Å². The summed E-state index contributed by atoms with van der Waals surface area (Å²) in [6, 6.07) is 8.47. The number of aryl methyl sites for hydroxylation is 1. The number of hydrogen-bond donors (Lipinski definition) is 0. The third-order valence-corrected chi connectivity index (χ3v) is 5.80. The van der Waals surface area contributed by atoms with Gasteiger partial charge in [0.05, 0.1) is 0 Å². The monoisotopic (exact) mass is 352 g/mol. The first-order chi connectivity index (χ1) is 9.24. The highest BCUT2D eigenvalue weighted by molar-refractivity contribution is 9.10. The molecule has 2 aliphatic heterocycles. The van der Waals surface area contributed by atoms with Gasteiger partial charge in [0.15, 0.2) is 5.82 Å². The smallest absolute Gasteiger partial charge is 0.216 e. The minimum absolute atomic E-state index is 0.256. The molecule has 0 amide bonds. The average Bonchev–Trinajstić information content (AvgIpc) is 3.03. The lowest BCUT2D eigenvalue weighted by molar-refractivity contribution is 0.618.